The van der Waals surface area contributed by atoms with E-state index in [1.807, 2.05) is 27.7 Å². The van der Waals surface area contributed by atoms with Crippen LogP contribution >= 0.6 is 0 Å². The first kappa shape index (κ1) is 17.3. The number of carbonyl (C=O) groups excluding carboxylic acids is 2. The second-order valence-corrected chi connectivity index (χ2v) is 3.13. The Balaban J connectivity index is 0. The predicted octanol–water partition coefficient (Wildman–Crippen LogP) is 1.93. The molecule has 0 aromatic carbocycles. The smallest absolute Gasteiger partial charge is 0.240 e. The molecule has 1 fully saturated rings. The first-order valence-corrected chi connectivity index (χ1v) is 6.19. The van der Waals surface area contributed by atoms with E-state index in [1.54, 1.807) is 4.90 Å². The fourth-order valence-corrected chi connectivity index (χ4v) is 1.60. The monoisotopic (exact) mass is 230 g/mol. The van der Waals surface area contributed by atoms with Crippen LogP contribution in [-0.4, -0.2) is 29.3 Å². The van der Waals surface area contributed by atoms with Crippen molar-refractivity contribution in [3.05, 3.63) is 0 Å². The molecule has 1 aliphatic rings. The molecule has 0 aromatic heterocycles. The highest BCUT2D eigenvalue weighted by molar-refractivity contribution is 5.85. The fraction of sp³-hybridized carbons (Fsp3) is 0.833. The zero-order valence-corrected chi connectivity index (χ0v) is 11.2. The lowest BCUT2D eigenvalue weighted by Crippen LogP contribution is -2.49. The van der Waals surface area contributed by atoms with E-state index in [1.165, 1.54) is 6.92 Å². The Labute approximate surface area is 99.2 Å². The third kappa shape index (κ3) is 5.73. The van der Waals surface area contributed by atoms with Crippen molar-refractivity contribution in [2.75, 3.05) is 6.54 Å². The highest BCUT2D eigenvalue weighted by Crippen LogP contribution is 2.16. The number of carbonyl (C=O) groups is 2. The number of primary amides is 1. The summed E-state index contributed by atoms with van der Waals surface area (Å²) in [5.74, 6) is -0.441. The van der Waals surface area contributed by atoms with E-state index in [2.05, 4.69) is 0 Å². The Hall–Kier alpha value is -1.06. The number of nitrogens with two attached hydrogens (primary N) is 1. The van der Waals surface area contributed by atoms with E-state index in [9.17, 15) is 9.59 Å². The minimum atomic E-state index is -0.384. The SMILES string of the molecule is CC.CC.CC(=O)N1CCCCC1C(N)=O. The highest BCUT2D eigenvalue weighted by atomic mass is 16.2. The molecule has 0 spiro atoms. The minimum absolute atomic E-state index is 0.0569. The molecule has 0 aromatic rings. The average Bonchev–Trinajstić information content (AvgIpc) is 2.34. The van der Waals surface area contributed by atoms with Gasteiger partial charge in [0.1, 0.15) is 6.04 Å². The molecule has 0 aliphatic carbocycles. The Morgan fingerprint density at radius 2 is 1.62 bits per heavy atom. The van der Waals surface area contributed by atoms with Crippen molar-refractivity contribution in [1.29, 1.82) is 0 Å². The van der Waals surface area contributed by atoms with Gasteiger partial charge in [-0.05, 0) is 19.3 Å². The van der Waals surface area contributed by atoms with Crippen LogP contribution in [0.2, 0.25) is 0 Å². The highest BCUT2D eigenvalue weighted by Gasteiger charge is 2.28. The molecular weight excluding hydrogens is 204 g/mol. The number of likely N-dealkylation sites (tertiary alicyclic amines) is 1. The van der Waals surface area contributed by atoms with E-state index in [4.69, 9.17) is 5.73 Å². The van der Waals surface area contributed by atoms with E-state index in [0.29, 0.717) is 6.54 Å². The molecule has 0 radical (unpaired) electrons. The van der Waals surface area contributed by atoms with Crippen molar-refractivity contribution in [2.45, 2.75) is 59.9 Å². The second kappa shape index (κ2) is 10.5. The largest absolute Gasteiger partial charge is 0.368 e. The van der Waals surface area contributed by atoms with Gasteiger partial charge >= 0.3 is 0 Å². The van der Waals surface area contributed by atoms with Gasteiger partial charge in [0.2, 0.25) is 11.8 Å². The van der Waals surface area contributed by atoms with E-state index in [-0.39, 0.29) is 17.9 Å². The molecule has 2 N–H and O–H groups in total. The van der Waals surface area contributed by atoms with Crippen molar-refractivity contribution in [3.8, 4) is 0 Å². The van der Waals surface area contributed by atoms with Crippen molar-refractivity contribution in [1.82, 2.24) is 4.90 Å². The van der Waals surface area contributed by atoms with Crippen LogP contribution in [0.15, 0.2) is 0 Å². The van der Waals surface area contributed by atoms with Gasteiger partial charge in [0.05, 0.1) is 0 Å². The Morgan fingerprint density at radius 3 is 1.94 bits per heavy atom. The summed E-state index contributed by atoms with van der Waals surface area (Å²) in [4.78, 5) is 23.5. The quantitative estimate of drug-likeness (QED) is 0.748. The number of nitrogens with zero attached hydrogens (tertiary/aromatic N) is 1. The number of hydrogen-bond acceptors (Lipinski definition) is 2. The van der Waals surface area contributed by atoms with Crippen molar-refractivity contribution in [2.24, 2.45) is 5.73 Å². The van der Waals surface area contributed by atoms with E-state index in [0.717, 1.165) is 19.3 Å². The van der Waals surface area contributed by atoms with Crippen LogP contribution in [0.3, 0.4) is 0 Å². The first-order valence-electron chi connectivity index (χ1n) is 6.19. The van der Waals surface area contributed by atoms with Crippen LogP contribution in [0, 0.1) is 0 Å². The molecule has 16 heavy (non-hydrogen) atoms. The molecule has 96 valence electrons. The van der Waals surface area contributed by atoms with E-state index >= 15 is 0 Å². The van der Waals surface area contributed by atoms with Gasteiger partial charge < -0.3 is 10.6 Å². The second-order valence-electron chi connectivity index (χ2n) is 3.13. The molecule has 4 nitrogen and oxygen atoms in total. The number of piperidine rings is 1. The summed E-state index contributed by atoms with van der Waals surface area (Å²) in [5.41, 5.74) is 5.16. The summed E-state index contributed by atoms with van der Waals surface area (Å²) in [5, 5.41) is 0. The molecular formula is C12H26N2O2. The standard InChI is InChI=1S/C8H14N2O2.2C2H6/c1-6(11)10-5-3-2-4-7(10)8(9)12;2*1-2/h7H,2-5H2,1H3,(H2,9,12);2*1-2H3. The molecule has 0 bridgehead atoms. The van der Waals surface area contributed by atoms with Gasteiger partial charge in [-0.2, -0.15) is 0 Å². The minimum Gasteiger partial charge on any atom is -0.368 e. The molecule has 4 heteroatoms. The van der Waals surface area contributed by atoms with Gasteiger partial charge in [0, 0.05) is 13.5 Å². The molecule has 2 amide bonds. The third-order valence-corrected chi connectivity index (χ3v) is 2.24. The van der Waals surface area contributed by atoms with Crippen molar-refractivity contribution in [3.63, 3.8) is 0 Å². The first-order chi connectivity index (χ1) is 7.63. The number of hydrogen-bond donors (Lipinski definition) is 1. The van der Waals surface area contributed by atoms with Crippen LogP contribution in [0.4, 0.5) is 0 Å². The topological polar surface area (TPSA) is 63.4 Å². The molecule has 1 rings (SSSR count). The molecule has 1 saturated heterocycles. The zero-order chi connectivity index (χ0) is 13.1. The lowest BCUT2D eigenvalue weighted by molar-refractivity contribution is -0.139. The lowest BCUT2D eigenvalue weighted by atomic mass is 10.0. The summed E-state index contributed by atoms with van der Waals surface area (Å²) >= 11 is 0. The van der Waals surface area contributed by atoms with Crippen LogP contribution in [-0.2, 0) is 9.59 Å². The maximum Gasteiger partial charge on any atom is 0.240 e. The third-order valence-electron chi connectivity index (χ3n) is 2.24. The summed E-state index contributed by atoms with van der Waals surface area (Å²) in [6, 6.07) is -0.365. The van der Waals surface area contributed by atoms with Crippen LogP contribution < -0.4 is 5.73 Å². The van der Waals surface area contributed by atoms with Gasteiger partial charge in [-0.1, -0.05) is 27.7 Å². The van der Waals surface area contributed by atoms with Gasteiger partial charge in [-0.25, -0.2) is 0 Å². The predicted molar refractivity (Wildman–Crippen MR) is 66.9 cm³/mol. The summed E-state index contributed by atoms with van der Waals surface area (Å²) < 4.78 is 0. The molecule has 1 unspecified atom stereocenters. The number of rotatable bonds is 1. The maximum absolute atomic E-state index is 11.0. The Bertz CT molecular complexity index is 183. The van der Waals surface area contributed by atoms with Gasteiger partial charge in [-0.15, -0.1) is 0 Å². The summed E-state index contributed by atoms with van der Waals surface area (Å²) in [7, 11) is 0. The number of amides is 2. The van der Waals surface area contributed by atoms with E-state index < -0.39 is 0 Å². The Morgan fingerprint density at radius 1 is 1.12 bits per heavy atom. The molecule has 1 atom stereocenters. The molecule has 0 saturated carbocycles. The fourth-order valence-electron chi connectivity index (χ4n) is 1.60. The van der Waals surface area contributed by atoms with Crippen molar-refractivity contribution < 1.29 is 9.59 Å². The maximum atomic E-state index is 11.0. The molecule has 1 aliphatic heterocycles. The van der Waals surface area contributed by atoms with Gasteiger partial charge in [0.15, 0.2) is 0 Å². The van der Waals surface area contributed by atoms with Crippen LogP contribution in [0.5, 0.6) is 0 Å². The van der Waals surface area contributed by atoms with Gasteiger partial charge in [-0.3, -0.25) is 9.59 Å². The summed E-state index contributed by atoms with van der Waals surface area (Å²) in [6.45, 7) is 10.1. The normalized spacial score (nSPS) is 18.6. The zero-order valence-electron chi connectivity index (χ0n) is 11.2. The molecule has 1 heterocycles. The Kier molecular flexibility index (Phi) is 11.3. The van der Waals surface area contributed by atoms with Crippen molar-refractivity contribution >= 4 is 11.8 Å². The van der Waals surface area contributed by atoms with Crippen LogP contribution in [0.25, 0.3) is 0 Å². The average molecular weight is 230 g/mol. The van der Waals surface area contributed by atoms with Gasteiger partial charge in [0.25, 0.3) is 0 Å². The van der Waals surface area contributed by atoms with Crippen LogP contribution in [0.1, 0.15) is 53.9 Å². The summed E-state index contributed by atoms with van der Waals surface area (Å²) in [6.07, 6.45) is 2.68. The lowest BCUT2D eigenvalue weighted by Gasteiger charge is -2.32.